The summed E-state index contributed by atoms with van der Waals surface area (Å²) in [5.74, 6) is 0. The number of non-ortho nitro benzene ring substituents is 1. The smallest absolute Gasteiger partial charge is 0.298 e. The summed E-state index contributed by atoms with van der Waals surface area (Å²) in [6, 6.07) is 4.78. The largest absolute Gasteiger partial charge is 0.423 e. The molecule has 1 aromatic carbocycles. The van der Waals surface area contributed by atoms with Crippen molar-refractivity contribution in [3.63, 3.8) is 0 Å². The number of aromatic nitrogens is 2. The van der Waals surface area contributed by atoms with Crippen LogP contribution >= 0.6 is 11.3 Å². The van der Waals surface area contributed by atoms with Crippen molar-refractivity contribution < 1.29 is 9.34 Å². The zero-order chi connectivity index (χ0) is 14.1. The van der Waals surface area contributed by atoms with Gasteiger partial charge in [-0.25, -0.2) is 4.98 Å². The highest BCUT2D eigenvalue weighted by molar-refractivity contribution is 7.09. The molecule has 20 heavy (non-hydrogen) atoms. The standard InChI is InChI=1S/C12H10N4O3S/c1-7(11-13-5-6-20-11)14-12-15-10-8(16(17)18)3-2-4-9(10)19-12/h2-7H,1H3,(H,14,15). The first kappa shape index (κ1) is 12.5. The van der Waals surface area contributed by atoms with Crippen molar-refractivity contribution in [2.75, 3.05) is 5.32 Å². The van der Waals surface area contributed by atoms with Crippen LogP contribution in [0.2, 0.25) is 0 Å². The van der Waals surface area contributed by atoms with Crippen LogP contribution in [0.5, 0.6) is 0 Å². The molecule has 0 aliphatic rings. The molecule has 0 spiro atoms. The number of nitro groups is 1. The number of rotatable bonds is 4. The molecule has 102 valence electrons. The number of nitrogens with one attached hydrogen (secondary N) is 1. The van der Waals surface area contributed by atoms with Gasteiger partial charge in [0.1, 0.15) is 5.01 Å². The number of para-hydroxylation sites is 1. The highest BCUT2D eigenvalue weighted by Crippen LogP contribution is 2.29. The third-order valence-electron chi connectivity index (χ3n) is 2.76. The van der Waals surface area contributed by atoms with Crippen LogP contribution in [0.15, 0.2) is 34.2 Å². The van der Waals surface area contributed by atoms with Crippen LogP contribution in [-0.2, 0) is 0 Å². The third-order valence-corrected chi connectivity index (χ3v) is 3.71. The van der Waals surface area contributed by atoms with Crippen molar-refractivity contribution in [2.45, 2.75) is 13.0 Å². The Morgan fingerprint density at radius 3 is 3.05 bits per heavy atom. The predicted octanol–water partition coefficient (Wildman–Crippen LogP) is 3.37. The first-order chi connectivity index (χ1) is 9.65. The summed E-state index contributed by atoms with van der Waals surface area (Å²) in [5.41, 5.74) is 0.556. The Morgan fingerprint density at radius 2 is 2.35 bits per heavy atom. The number of nitro benzene ring substituents is 1. The highest BCUT2D eigenvalue weighted by atomic mass is 32.1. The van der Waals surface area contributed by atoms with E-state index < -0.39 is 4.92 Å². The van der Waals surface area contributed by atoms with E-state index in [1.165, 1.54) is 17.4 Å². The van der Waals surface area contributed by atoms with Crippen molar-refractivity contribution in [2.24, 2.45) is 0 Å². The summed E-state index contributed by atoms with van der Waals surface area (Å²) in [7, 11) is 0. The molecule has 8 heteroatoms. The Hall–Kier alpha value is -2.48. The van der Waals surface area contributed by atoms with Gasteiger partial charge in [0.15, 0.2) is 11.1 Å². The average molecular weight is 290 g/mol. The van der Waals surface area contributed by atoms with Crippen LogP contribution in [0, 0.1) is 10.1 Å². The fourth-order valence-electron chi connectivity index (χ4n) is 1.84. The lowest BCUT2D eigenvalue weighted by atomic mass is 10.3. The Kier molecular flexibility index (Phi) is 3.07. The van der Waals surface area contributed by atoms with Crippen LogP contribution in [0.1, 0.15) is 18.0 Å². The lowest BCUT2D eigenvalue weighted by molar-refractivity contribution is -0.383. The van der Waals surface area contributed by atoms with Crippen molar-refractivity contribution >= 4 is 34.1 Å². The molecule has 2 heterocycles. The number of anilines is 1. The summed E-state index contributed by atoms with van der Waals surface area (Å²) < 4.78 is 5.48. The zero-order valence-corrected chi connectivity index (χ0v) is 11.3. The van der Waals surface area contributed by atoms with E-state index in [0.717, 1.165) is 5.01 Å². The molecule has 1 unspecified atom stereocenters. The first-order valence-corrected chi connectivity index (χ1v) is 6.73. The molecule has 0 saturated carbocycles. The van der Waals surface area contributed by atoms with Crippen molar-refractivity contribution in [3.8, 4) is 0 Å². The maximum Gasteiger partial charge on any atom is 0.298 e. The molecule has 2 aromatic heterocycles. The van der Waals surface area contributed by atoms with Crippen LogP contribution in [0.25, 0.3) is 11.1 Å². The van der Waals surface area contributed by atoms with Crippen LogP contribution < -0.4 is 5.32 Å². The topological polar surface area (TPSA) is 94.1 Å². The van der Waals surface area contributed by atoms with Gasteiger partial charge in [-0.15, -0.1) is 11.3 Å². The third kappa shape index (κ3) is 2.21. The van der Waals surface area contributed by atoms with Crippen LogP contribution in [0.4, 0.5) is 11.7 Å². The van der Waals surface area contributed by atoms with E-state index in [9.17, 15) is 10.1 Å². The van der Waals surface area contributed by atoms with E-state index in [1.54, 1.807) is 18.3 Å². The van der Waals surface area contributed by atoms with Crippen molar-refractivity contribution in [1.29, 1.82) is 0 Å². The maximum absolute atomic E-state index is 10.9. The van der Waals surface area contributed by atoms with Crippen LogP contribution in [0.3, 0.4) is 0 Å². The molecule has 3 rings (SSSR count). The Morgan fingerprint density at radius 1 is 1.50 bits per heavy atom. The zero-order valence-electron chi connectivity index (χ0n) is 10.4. The summed E-state index contributed by atoms with van der Waals surface area (Å²) in [5, 5.41) is 16.7. The number of hydrogen-bond donors (Lipinski definition) is 1. The summed E-state index contributed by atoms with van der Waals surface area (Å²) in [4.78, 5) is 18.8. The van der Waals surface area contributed by atoms with Crippen molar-refractivity contribution in [1.82, 2.24) is 9.97 Å². The van der Waals surface area contributed by atoms with Gasteiger partial charge in [0.05, 0.1) is 11.0 Å². The lowest BCUT2D eigenvalue weighted by Gasteiger charge is -2.07. The molecule has 0 saturated heterocycles. The Balaban J connectivity index is 1.93. The fourth-order valence-corrected chi connectivity index (χ4v) is 2.48. The second-order valence-electron chi connectivity index (χ2n) is 4.14. The number of thiazole rings is 1. The molecule has 3 aromatic rings. The van der Waals surface area contributed by atoms with E-state index in [0.29, 0.717) is 5.58 Å². The minimum atomic E-state index is -0.473. The average Bonchev–Trinajstić information content (AvgIpc) is 3.06. The van der Waals surface area contributed by atoms with Gasteiger partial charge in [0.2, 0.25) is 0 Å². The normalized spacial score (nSPS) is 12.4. The summed E-state index contributed by atoms with van der Waals surface area (Å²) in [6.45, 7) is 1.92. The molecule has 1 atom stereocenters. The van der Waals surface area contributed by atoms with Gasteiger partial charge in [-0.1, -0.05) is 6.07 Å². The van der Waals surface area contributed by atoms with Gasteiger partial charge in [0.25, 0.3) is 11.7 Å². The van der Waals surface area contributed by atoms with E-state index in [4.69, 9.17) is 4.42 Å². The number of fused-ring (bicyclic) bond motifs is 1. The molecule has 0 fully saturated rings. The van der Waals surface area contributed by atoms with E-state index in [-0.39, 0.29) is 23.3 Å². The summed E-state index contributed by atoms with van der Waals surface area (Å²) in [6.07, 6.45) is 1.72. The molecular weight excluding hydrogens is 280 g/mol. The number of oxazole rings is 1. The highest BCUT2D eigenvalue weighted by Gasteiger charge is 2.18. The monoisotopic (exact) mass is 290 g/mol. The molecule has 0 aliphatic heterocycles. The van der Waals surface area contributed by atoms with Crippen molar-refractivity contribution in [3.05, 3.63) is 44.9 Å². The first-order valence-electron chi connectivity index (χ1n) is 5.85. The van der Waals surface area contributed by atoms with Gasteiger partial charge in [-0.2, -0.15) is 4.98 Å². The molecule has 0 bridgehead atoms. The van der Waals surface area contributed by atoms with E-state index >= 15 is 0 Å². The number of hydrogen-bond acceptors (Lipinski definition) is 7. The minimum Gasteiger partial charge on any atom is -0.423 e. The number of nitrogens with zero attached hydrogens (tertiary/aromatic N) is 3. The fraction of sp³-hybridized carbons (Fsp3) is 0.167. The molecule has 1 N–H and O–H groups in total. The molecule has 0 radical (unpaired) electrons. The Bertz CT molecular complexity index is 753. The minimum absolute atomic E-state index is 0.0683. The Labute approximate surface area is 117 Å². The van der Waals surface area contributed by atoms with Gasteiger partial charge >= 0.3 is 0 Å². The predicted molar refractivity (Wildman–Crippen MR) is 74.8 cm³/mol. The lowest BCUT2D eigenvalue weighted by Crippen LogP contribution is -2.06. The van der Waals surface area contributed by atoms with E-state index in [1.807, 2.05) is 12.3 Å². The van der Waals surface area contributed by atoms with Gasteiger partial charge in [-0.3, -0.25) is 10.1 Å². The summed E-state index contributed by atoms with van der Waals surface area (Å²) >= 11 is 1.51. The molecule has 7 nitrogen and oxygen atoms in total. The number of benzene rings is 1. The maximum atomic E-state index is 10.9. The van der Waals surface area contributed by atoms with Gasteiger partial charge in [0, 0.05) is 17.6 Å². The van der Waals surface area contributed by atoms with Crippen LogP contribution in [-0.4, -0.2) is 14.9 Å². The quantitative estimate of drug-likeness (QED) is 0.584. The van der Waals surface area contributed by atoms with E-state index in [2.05, 4.69) is 15.3 Å². The molecular formula is C12H10N4O3S. The molecule has 0 aliphatic carbocycles. The molecule has 0 amide bonds. The second kappa shape index (κ2) is 4.89. The van der Waals surface area contributed by atoms with Gasteiger partial charge < -0.3 is 9.73 Å². The SMILES string of the molecule is CC(Nc1nc2c([N+](=O)[O-])cccc2o1)c1nccs1. The second-order valence-corrected chi connectivity index (χ2v) is 5.06. The van der Waals surface area contributed by atoms with Gasteiger partial charge in [-0.05, 0) is 13.0 Å².